The molecule has 0 amide bonds. The van der Waals surface area contributed by atoms with Gasteiger partial charge in [0.2, 0.25) is 0 Å². The molecule has 1 aromatic carbocycles. The lowest BCUT2D eigenvalue weighted by Crippen LogP contribution is -2.76. The molecule has 27 heavy (non-hydrogen) atoms. The Labute approximate surface area is 159 Å². The standard InChI is InChI=1S/C22H27NO4/c1-26-16-6-5-14-11-17-22(25)8-7-15(24)20-21(22,18(14)19(16)27-20)9-10-23(17)12-13-3-2-4-13/h5-6,13,17,20,25H,2-4,7-12H2,1H3/t17?,20?,21-,22+/m1/s1. The summed E-state index contributed by atoms with van der Waals surface area (Å²) in [6.45, 7) is 2.02. The van der Waals surface area contributed by atoms with Crippen molar-refractivity contribution in [1.82, 2.24) is 4.90 Å². The molecule has 6 rings (SSSR count). The predicted octanol–water partition coefficient (Wildman–Crippen LogP) is 2.22. The summed E-state index contributed by atoms with van der Waals surface area (Å²) in [5, 5.41) is 12.2. The molecule has 0 aromatic heterocycles. The Kier molecular flexibility index (Phi) is 3.19. The van der Waals surface area contributed by atoms with Gasteiger partial charge in [-0.3, -0.25) is 9.69 Å². The normalized spacial score (nSPS) is 39.6. The number of carbonyl (C=O) groups is 1. The summed E-state index contributed by atoms with van der Waals surface area (Å²) in [5.74, 6) is 2.30. The summed E-state index contributed by atoms with van der Waals surface area (Å²) in [5.41, 5.74) is 0.816. The summed E-state index contributed by atoms with van der Waals surface area (Å²) in [7, 11) is 1.64. The summed E-state index contributed by atoms with van der Waals surface area (Å²) < 4.78 is 11.8. The second kappa shape index (κ2) is 5.26. The molecule has 2 heterocycles. The number of hydrogen-bond donors (Lipinski definition) is 1. The summed E-state index contributed by atoms with van der Waals surface area (Å²) in [6, 6.07) is 4.17. The lowest BCUT2D eigenvalue weighted by atomic mass is 9.49. The molecular formula is C22H27NO4. The number of rotatable bonds is 3. The Hall–Kier alpha value is -1.59. The molecular weight excluding hydrogens is 342 g/mol. The van der Waals surface area contributed by atoms with Gasteiger partial charge in [0.15, 0.2) is 23.4 Å². The molecule has 144 valence electrons. The molecule has 1 saturated heterocycles. The molecule has 1 N–H and O–H groups in total. The molecule has 1 spiro atoms. The van der Waals surface area contributed by atoms with Crippen molar-refractivity contribution in [3.63, 3.8) is 0 Å². The smallest absolute Gasteiger partial charge is 0.174 e. The molecule has 2 aliphatic heterocycles. The highest BCUT2D eigenvalue weighted by Crippen LogP contribution is 2.64. The van der Waals surface area contributed by atoms with Crippen LogP contribution in [0.2, 0.25) is 0 Å². The summed E-state index contributed by atoms with van der Waals surface area (Å²) in [6.07, 6.45) is 5.99. The topological polar surface area (TPSA) is 59.0 Å². The number of carbonyl (C=O) groups excluding carboxylic acids is 1. The van der Waals surface area contributed by atoms with Crippen molar-refractivity contribution >= 4 is 5.78 Å². The maximum atomic E-state index is 12.9. The maximum Gasteiger partial charge on any atom is 0.174 e. The van der Waals surface area contributed by atoms with Gasteiger partial charge < -0.3 is 14.6 Å². The van der Waals surface area contributed by atoms with Crippen molar-refractivity contribution in [2.75, 3.05) is 20.2 Å². The number of piperidine rings is 1. The zero-order valence-corrected chi connectivity index (χ0v) is 15.9. The van der Waals surface area contributed by atoms with Crippen molar-refractivity contribution in [3.05, 3.63) is 23.3 Å². The lowest BCUT2D eigenvalue weighted by Gasteiger charge is -2.63. The molecule has 5 aliphatic rings. The van der Waals surface area contributed by atoms with Crippen molar-refractivity contribution in [2.24, 2.45) is 5.92 Å². The van der Waals surface area contributed by atoms with E-state index in [4.69, 9.17) is 9.47 Å². The van der Waals surface area contributed by atoms with Crippen molar-refractivity contribution in [2.45, 2.75) is 68.1 Å². The fourth-order valence-corrected chi connectivity index (χ4v) is 6.79. The van der Waals surface area contributed by atoms with E-state index in [1.807, 2.05) is 6.07 Å². The van der Waals surface area contributed by atoms with Crippen LogP contribution in [-0.2, 0) is 16.6 Å². The van der Waals surface area contributed by atoms with Gasteiger partial charge >= 0.3 is 0 Å². The molecule has 2 saturated carbocycles. The number of aliphatic hydroxyl groups is 1. The second-order valence-electron chi connectivity index (χ2n) is 9.25. The Morgan fingerprint density at radius 1 is 1.33 bits per heavy atom. The number of likely N-dealkylation sites (tertiary alicyclic amines) is 1. The SMILES string of the molecule is COc1ccc2c3c1OC1C(=O)CC[C@]4(O)C(C2)N(CC2CCC2)CC[C@@]314. The van der Waals surface area contributed by atoms with Crippen LogP contribution in [0.25, 0.3) is 0 Å². The van der Waals surface area contributed by atoms with Crippen LogP contribution in [0.1, 0.15) is 49.7 Å². The fraction of sp³-hybridized carbons (Fsp3) is 0.682. The minimum atomic E-state index is -0.891. The molecule has 4 atom stereocenters. The van der Waals surface area contributed by atoms with E-state index in [9.17, 15) is 9.90 Å². The Balaban J connectivity index is 1.53. The van der Waals surface area contributed by atoms with Crippen molar-refractivity contribution < 1.29 is 19.4 Å². The number of ketones is 1. The monoisotopic (exact) mass is 369 g/mol. The van der Waals surface area contributed by atoms with Crippen LogP contribution in [0.4, 0.5) is 0 Å². The van der Waals surface area contributed by atoms with Gasteiger partial charge in [-0.2, -0.15) is 0 Å². The predicted molar refractivity (Wildman–Crippen MR) is 99.3 cm³/mol. The average molecular weight is 369 g/mol. The zero-order valence-electron chi connectivity index (χ0n) is 15.9. The molecule has 5 nitrogen and oxygen atoms in total. The molecule has 2 bridgehead atoms. The highest BCUT2D eigenvalue weighted by molar-refractivity contribution is 5.90. The van der Waals surface area contributed by atoms with E-state index in [1.165, 1.54) is 24.8 Å². The molecule has 0 radical (unpaired) electrons. The first-order valence-electron chi connectivity index (χ1n) is 10.4. The van der Waals surface area contributed by atoms with Gasteiger partial charge in [-0.05, 0) is 56.2 Å². The number of benzene rings is 1. The van der Waals surface area contributed by atoms with E-state index in [0.717, 1.165) is 37.4 Å². The van der Waals surface area contributed by atoms with Gasteiger partial charge in [-0.1, -0.05) is 12.5 Å². The molecule has 3 fully saturated rings. The molecule has 1 aromatic rings. The van der Waals surface area contributed by atoms with Gasteiger partial charge in [0, 0.05) is 24.6 Å². The summed E-state index contributed by atoms with van der Waals surface area (Å²) >= 11 is 0. The highest BCUT2D eigenvalue weighted by Gasteiger charge is 2.73. The van der Waals surface area contributed by atoms with E-state index in [1.54, 1.807) is 7.11 Å². The average Bonchev–Trinajstić information content (AvgIpc) is 2.98. The number of Topliss-reactive ketones (excluding diaryl/α,β-unsaturated/α-hetero) is 1. The van der Waals surface area contributed by atoms with Crippen molar-refractivity contribution in [1.29, 1.82) is 0 Å². The minimum Gasteiger partial charge on any atom is -0.493 e. The summed E-state index contributed by atoms with van der Waals surface area (Å²) in [4.78, 5) is 15.4. The van der Waals surface area contributed by atoms with Gasteiger partial charge in [0.25, 0.3) is 0 Å². The largest absolute Gasteiger partial charge is 0.493 e. The van der Waals surface area contributed by atoms with Crippen LogP contribution in [0.5, 0.6) is 11.5 Å². The van der Waals surface area contributed by atoms with E-state index < -0.39 is 17.1 Å². The zero-order chi connectivity index (χ0) is 18.4. The first-order chi connectivity index (χ1) is 13.1. The first kappa shape index (κ1) is 16.4. The van der Waals surface area contributed by atoms with E-state index in [0.29, 0.717) is 24.3 Å². The maximum absolute atomic E-state index is 12.9. The number of methoxy groups -OCH3 is 1. The Bertz CT molecular complexity index is 834. The third-order valence-electron chi connectivity index (χ3n) is 8.29. The Morgan fingerprint density at radius 2 is 2.19 bits per heavy atom. The minimum absolute atomic E-state index is 0.0814. The van der Waals surface area contributed by atoms with Crippen LogP contribution in [-0.4, -0.2) is 53.7 Å². The quantitative estimate of drug-likeness (QED) is 0.885. The highest BCUT2D eigenvalue weighted by atomic mass is 16.5. The van der Waals surface area contributed by atoms with Gasteiger partial charge in [-0.25, -0.2) is 0 Å². The van der Waals surface area contributed by atoms with Crippen LogP contribution in [0.15, 0.2) is 12.1 Å². The third-order valence-corrected chi connectivity index (χ3v) is 8.29. The molecule has 5 heteroatoms. The van der Waals surface area contributed by atoms with Crippen LogP contribution < -0.4 is 9.47 Å². The fourth-order valence-electron chi connectivity index (χ4n) is 6.79. The number of ether oxygens (including phenoxy) is 2. The van der Waals surface area contributed by atoms with Crippen LogP contribution in [0, 0.1) is 5.92 Å². The molecule has 2 unspecified atom stereocenters. The Morgan fingerprint density at radius 3 is 2.93 bits per heavy atom. The van der Waals surface area contributed by atoms with E-state index >= 15 is 0 Å². The second-order valence-corrected chi connectivity index (χ2v) is 9.25. The van der Waals surface area contributed by atoms with E-state index in [2.05, 4.69) is 11.0 Å². The van der Waals surface area contributed by atoms with Gasteiger partial charge in [0.1, 0.15) is 0 Å². The van der Waals surface area contributed by atoms with Crippen molar-refractivity contribution in [3.8, 4) is 11.5 Å². The van der Waals surface area contributed by atoms with Gasteiger partial charge in [0.05, 0.1) is 18.1 Å². The number of hydrogen-bond acceptors (Lipinski definition) is 5. The lowest BCUT2D eigenvalue weighted by molar-refractivity contribution is -0.190. The first-order valence-corrected chi connectivity index (χ1v) is 10.4. The van der Waals surface area contributed by atoms with E-state index in [-0.39, 0.29) is 11.8 Å². The number of nitrogens with zero attached hydrogens (tertiary/aromatic N) is 1. The van der Waals surface area contributed by atoms with Gasteiger partial charge in [-0.15, -0.1) is 0 Å². The molecule has 3 aliphatic carbocycles. The van der Waals surface area contributed by atoms with Crippen LogP contribution >= 0.6 is 0 Å². The third kappa shape index (κ3) is 1.81. The van der Waals surface area contributed by atoms with Crippen LogP contribution in [0.3, 0.4) is 0 Å².